The summed E-state index contributed by atoms with van der Waals surface area (Å²) in [7, 11) is 0. The van der Waals surface area contributed by atoms with E-state index in [2.05, 4.69) is 91.0 Å². The Bertz CT molecular complexity index is 1030. The molecule has 0 aromatic heterocycles. The van der Waals surface area contributed by atoms with Crippen molar-refractivity contribution in [3.63, 3.8) is 0 Å². The molecule has 0 aliphatic carbocycles. The Labute approximate surface area is 172 Å². The fourth-order valence-corrected chi connectivity index (χ4v) is 4.31. The van der Waals surface area contributed by atoms with Crippen molar-refractivity contribution in [1.82, 2.24) is 0 Å². The molecule has 4 aromatic rings. The van der Waals surface area contributed by atoms with Crippen LogP contribution in [0.2, 0.25) is 0 Å². The van der Waals surface area contributed by atoms with Crippen LogP contribution in [0.15, 0.2) is 121 Å². The van der Waals surface area contributed by atoms with Gasteiger partial charge >= 0.3 is 0 Å². The van der Waals surface area contributed by atoms with Gasteiger partial charge in [-0.05, 0) is 28.7 Å². The highest BCUT2D eigenvalue weighted by Gasteiger charge is 2.43. The molecule has 0 saturated carbocycles. The molecular formula is C28H23N. The molecule has 0 aliphatic rings. The van der Waals surface area contributed by atoms with Crippen LogP contribution in [-0.4, -0.2) is 0 Å². The third kappa shape index (κ3) is 3.71. The van der Waals surface area contributed by atoms with E-state index in [4.69, 9.17) is 0 Å². The van der Waals surface area contributed by atoms with Crippen molar-refractivity contribution in [2.45, 2.75) is 17.8 Å². The minimum absolute atomic E-state index is 0.325. The summed E-state index contributed by atoms with van der Waals surface area (Å²) in [5, 5.41) is 10.5. The zero-order chi connectivity index (χ0) is 19.9. The van der Waals surface area contributed by atoms with Crippen molar-refractivity contribution in [3.8, 4) is 6.07 Å². The third-order valence-electron chi connectivity index (χ3n) is 5.66. The second-order valence-corrected chi connectivity index (χ2v) is 7.34. The van der Waals surface area contributed by atoms with Gasteiger partial charge in [-0.25, -0.2) is 0 Å². The van der Waals surface area contributed by atoms with Gasteiger partial charge in [0.1, 0.15) is 0 Å². The first-order valence-electron chi connectivity index (χ1n) is 9.94. The highest BCUT2D eigenvalue weighted by molar-refractivity contribution is 5.49. The Morgan fingerprint density at radius 3 is 1.45 bits per heavy atom. The van der Waals surface area contributed by atoms with E-state index in [1.54, 1.807) is 0 Å². The van der Waals surface area contributed by atoms with Gasteiger partial charge in [0.05, 0.1) is 12.0 Å². The quantitative estimate of drug-likeness (QED) is 0.377. The summed E-state index contributed by atoms with van der Waals surface area (Å²) in [6.45, 7) is 0. The van der Waals surface area contributed by atoms with E-state index in [0.717, 1.165) is 23.1 Å². The van der Waals surface area contributed by atoms with Gasteiger partial charge in [0.2, 0.25) is 0 Å². The molecule has 1 unspecified atom stereocenters. The van der Waals surface area contributed by atoms with Crippen LogP contribution < -0.4 is 0 Å². The van der Waals surface area contributed by atoms with Crippen LogP contribution in [-0.2, 0) is 11.8 Å². The Hall–Kier alpha value is -3.63. The molecule has 0 spiro atoms. The maximum absolute atomic E-state index is 10.5. The smallest absolute Gasteiger partial charge is 0.0853 e. The number of rotatable bonds is 6. The maximum Gasteiger partial charge on any atom is 0.0853 e. The highest BCUT2D eigenvalue weighted by Crippen LogP contribution is 2.46. The van der Waals surface area contributed by atoms with E-state index in [9.17, 15) is 5.26 Å². The molecule has 0 heterocycles. The standard InChI is InChI=1S/C28H23N/c29-22-27(24-15-7-2-8-16-24)28(25-17-9-3-10-18-25,26-19-11-4-12-20-26)21-23-13-5-1-6-14-23/h1-20,27H,21H2. The lowest BCUT2D eigenvalue weighted by molar-refractivity contribution is 0.465. The molecule has 29 heavy (non-hydrogen) atoms. The van der Waals surface area contributed by atoms with Crippen LogP contribution >= 0.6 is 0 Å². The second kappa shape index (κ2) is 8.59. The molecule has 1 atom stereocenters. The minimum atomic E-state index is -0.500. The topological polar surface area (TPSA) is 23.8 Å². The second-order valence-electron chi connectivity index (χ2n) is 7.34. The van der Waals surface area contributed by atoms with Gasteiger partial charge < -0.3 is 0 Å². The fraction of sp³-hybridized carbons (Fsp3) is 0.107. The summed E-state index contributed by atoms with van der Waals surface area (Å²) in [5.41, 5.74) is 4.07. The third-order valence-corrected chi connectivity index (χ3v) is 5.66. The van der Waals surface area contributed by atoms with Crippen molar-refractivity contribution in [3.05, 3.63) is 144 Å². The zero-order valence-corrected chi connectivity index (χ0v) is 16.3. The number of nitriles is 1. The monoisotopic (exact) mass is 373 g/mol. The largest absolute Gasteiger partial charge is 0.198 e. The average molecular weight is 373 g/mol. The van der Waals surface area contributed by atoms with Crippen LogP contribution in [0.25, 0.3) is 0 Å². The van der Waals surface area contributed by atoms with Crippen molar-refractivity contribution >= 4 is 0 Å². The summed E-state index contributed by atoms with van der Waals surface area (Å²) < 4.78 is 0. The molecule has 1 nitrogen and oxygen atoms in total. The van der Waals surface area contributed by atoms with E-state index in [-0.39, 0.29) is 5.92 Å². The van der Waals surface area contributed by atoms with Crippen molar-refractivity contribution < 1.29 is 0 Å². The molecule has 0 N–H and O–H groups in total. The summed E-state index contributed by atoms with van der Waals surface area (Å²) in [6, 6.07) is 44.3. The van der Waals surface area contributed by atoms with E-state index in [0.29, 0.717) is 0 Å². The summed E-state index contributed by atoms with van der Waals surface area (Å²) in [6.07, 6.45) is 0.745. The van der Waals surface area contributed by atoms with E-state index in [1.807, 2.05) is 36.4 Å². The minimum Gasteiger partial charge on any atom is -0.198 e. The van der Waals surface area contributed by atoms with Gasteiger partial charge in [-0.1, -0.05) is 121 Å². The first kappa shape index (κ1) is 18.7. The van der Waals surface area contributed by atoms with Gasteiger partial charge in [-0.2, -0.15) is 5.26 Å². The van der Waals surface area contributed by atoms with Gasteiger partial charge in [0.15, 0.2) is 0 Å². The predicted molar refractivity (Wildman–Crippen MR) is 119 cm³/mol. The number of nitrogens with zero attached hydrogens (tertiary/aromatic N) is 1. The van der Waals surface area contributed by atoms with E-state index >= 15 is 0 Å². The summed E-state index contributed by atoms with van der Waals surface area (Å²) in [4.78, 5) is 0. The number of hydrogen-bond acceptors (Lipinski definition) is 1. The van der Waals surface area contributed by atoms with Gasteiger partial charge in [-0.15, -0.1) is 0 Å². The van der Waals surface area contributed by atoms with Crippen LogP contribution in [0.1, 0.15) is 28.2 Å². The van der Waals surface area contributed by atoms with Gasteiger partial charge in [-0.3, -0.25) is 0 Å². The predicted octanol–water partition coefficient (Wildman–Crippen LogP) is 6.52. The van der Waals surface area contributed by atoms with Crippen molar-refractivity contribution in [2.75, 3.05) is 0 Å². The number of hydrogen-bond donors (Lipinski definition) is 0. The molecular weight excluding hydrogens is 350 g/mol. The summed E-state index contributed by atoms with van der Waals surface area (Å²) in [5.74, 6) is -0.325. The molecule has 0 saturated heterocycles. The molecule has 4 rings (SSSR count). The van der Waals surface area contributed by atoms with Crippen molar-refractivity contribution in [1.29, 1.82) is 5.26 Å². The molecule has 0 amide bonds. The zero-order valence-electron chi connectivity index (χ0n) is 16.3. The summed E-state index contributed by atoms with van der Waals surface area (Å²) >= 11 is 0. The molecule has 140 valence electrons. The SMILES string of the molecule is N#CC(c1ccccc1)C(Cc1ccccc1)(c1ccccc1)c1ccccc1. The van der Waals surface area contributed by atoms with Crippen LogP contribution in [0.4, 0.5) is 0 Å². The fourth-order valence-electron chi connectivity index (χ4n) is 4.31. The Balaban J connectivity index is 2.01. The van der Waals surface area contributed by atoms with Crippen molar-refractivity contribution in [2.24, 2.45) is 0 Å². The lowest BCUT2D eigenvalue weighted by Crippen LogP contribution is -2.37. The Kier molecular flexibility index (Phi) is 5.54. The Morgan fingerprint density at radius 1 is 0.586 bits per heavy atom. The van der Waals surface area contributed by atoms with Gasteiger partial charge in [0, 0.05) is 5.41 Å². The molecule has 0 fully saturated rings. The molecule has 0 aliphatic heterocycles. The molecule has 0 radical (unpaired) electrons. The maximum atomic E-state index is 10.5. The van der Waals surface area contributed by atoms with E-state index in [1.165, 1.54) is 5.56 Å². The normalized spacial score (nSPS) is 12.1. The Morgan fingerprint density at radius 2 is 1.00 bits per heavy atom. The van der Waals surface area contributed by atoms with Crippen LogP contribution in [0.5, 0.6) is 0 Å². The first-order valence-corrected chi connectivity index (χ1v) is 9.94. The lowest BCUT2D eigenvalue weighted by Gasteiger charge is -2.39. The van der Waals surface area contributed by atoms with E-state index < -0.39 is 5.41 Å². The average Bonchev–Trinajstić information content (AvgIpc) is 2.81. The highest BCUT2D eigenvalue weighted by atomic mass is 14.5. The van der Waals surface area contributed by atoms with Gasteiger partial charge in [0.25, 0.3) is 0 Å². The molecule has 0 bridgehead atoms. The lowest BCUT2D eigenvalue weighted by atomic mass is 9.61. The van der Waals surface area contributed by atoms with Crippen LogP contribution in [0, 0.1) is 11.3 Å². The first-order chi connectivity index (χ1) is 14.3. The van der Waals surface area contributed by atoms with Crippen LogP contribution in [0.3, 0.4) is 0 Å². The molecule has 1 heteroatoms. The number of benzene rings is 4. The molecule has 4 aromatic carbocycles.